The highest BCUT2D eigenvalue weighted by Gasteiger charge is 2.48. The van der Waals surface area contributed by atoms with Crippen LogP contribution in [0.15, 0.2) is 0 Å². The zero-order valence-electron chi connectivity index (χ0n) is 10.5. The molecule has 0 amide bonds. The molecule has 0 aromatic carbocycles. The lowest BCUT2D eigenvalue weighted by molar-refractivity contribution is -0.0768. The molecule has 1 aliphatic heterocycles. The van der Waals surface area contributed by atoms with Crippen molar-refractivity contribution in [3.05, 3.63) is 0 Å². The summed E-state index contributed by atoms with van der Waals surface area (Å²) in [5.41, 5.74) is 6.30. The molecule has 0 aromatic heterocycles. The Balaban J connectivity index is 2.00. The Hall–Kier alpha value is -0.0800. The second kappa shape index (κ2) is 3.46. The molecule has 0 spiro atoms. The molecule has 1 heterocycles. The highest BCUT2D eigenvalue weighted by Crippen LogP contribution is 2.45. The first kappa shape index (κ1) is 11.4. The molecule has 0 aromatic rings. The Morgan fingerprint density at radius 1 is 1.27 bits per heavy atom. The van der Waals surface area contributed by atoms with Crippen molar-refractivity contribution >= 4 is 0 Å². The number of hydrogen-bond donors (Lipinski definition) is 1. The third-order valence-corrected chi connectivity index (χ3v) is 3.96. The zero-order valence-corrected chi connectivity index (χ0v) is 10.5. The fraction of sp³-hybridized carbons (Fsp3) is 1.00. The number of hydrogen-bond acceptors (Lipinski definition) is 2. The van der Waals surface area contributed by atoms with Crippen LogP contribution in [-0.2, 0) is 4.74 Å². The van der Waals surface area contributed by atoms with Gasteiger partial charge in [0.15, 0.2) is 0 Å². The standard InChI is InChI=1S/C13H25NO/c1-12(2)8-10(13(3,4)15-12)11(14)7-9-5-6-9/h9-11H,5-8,14H2,1-4H3. The van der Waals surface area contributed by atoms with Gasteiger partial charge in [-0.05, 0) is 46.5 Å². The van der Waals surface area contributed by atoms with E-state index in [0.29, 0.717) is 12.0 Å². The lowest BCUT2D eigenvalue weighted by Crippen LogP contribution is -2.41. The van der Waals surface area contributed by atoms with E-state index in [1.165, 1.54) is 19.3 Å². The van der Waals surface area contributed by atoms with Gasteiger partial charge in [-0.1, -0.05) is 12.8 Å². The van der Waals surface area contributed by atoms with Gasteiger partial charge in [0.1, 0.15) is 0 Å². The molecule has 2 unspecified atom stereocenters. The molecular formula is C13H25NO. The minimum absolute atomic E-state index is 0.00926. The molecule has 2 nitrogen and oxygen atoms in total. The van der Waals surface area contributed by atoms with E-state index < -0.39 is 0 Å². The zero-order chi connectivity index (χ0) is 11.3. The highest BCUT2D eigenvalue weighted by atomic mass is 16.5. The van der Waals surface area contributed by atoms with E-state index in [0.717, 1.165) is 12.3 Å². The smallest absolute Gasteiger partial charge is 0.0677 e. The molecule has 88 valence electrons. The normalized spacial score (nSPS) is 35.4. The molecule has 2 heteroatoms. The average molecular weight is 211 g/mol. The molecular weight excluding hydrogens is 186 g/mol. The Kier molecular flexibility index (Phi) is 2.63. The molecule has 2 fully saturated rings. The maximum Gasteiger partial charge on any atom is 0.0677 e. The number of ether oxygens (including phenoxy) is 1. The average Bonchev–Trinajstić information content (AvgIpc) is 2.77. The van der Waals surface area contributed by atoms with Crippen LogP contribution in [0, 0.1) is 11.8 Å². The van der Waals surface area contributed by atoms with Crippen LogP contribution in [0.3, 0.4) is 0 Å². The van der Waals surface area contributed by atoms with Crippen LogP contribution in [0.5, 0.6) is 0 Å². The van der Waals surface area contributed by atoms with Gasteiger partial charge in [-0.3, -0.25) is 0 Å². The van der Waals surface area contributed by atoms with Gasteiger partial charge in [-0.25, -0.2) is 0 Å². The summed E-state index contributed by atoms with van der Waals surface area (Å²) in [5.74, 6) is 1.44. The first-order valence-electron chi connectivity index (χ1n) is 6.26. The van der Waals surface area contributed by atoms with E-state index in [1.54, 1.807) is 0 Å². The molecule has 15 heavy (non-hydrogen) atoms. The van der Waals surface area contributed by atoms with Crippen molar-refractivity contribution < 1.29 is 4.74 Å². The molecule has 2 N–H and O–H groups in total. The lowest BCUT2D eigenvalue weighted by Gasteiger charge is -2.31. The predicted molar refractivity (Wildman–Crippen MR) is 62.7 cm³/mol. The molecule has 0 radical (unpaired) electrons. The van der Waals surface area contributed by atoms with Crippen LogP contribution >= 0.6 is 0 Å². The monoisotopic (exact) mass is 211 g/mol. The summed E-state index contributed by atoms with van der Waals surface area (Å²) >= 11 is 0. The van der Waals surface area contributed by atoms with Gasteiger partial charge < -0.3 is 10.5 Å². The van der Waals surface area contributed by atoms with Gasteiger partial charge in [0.05, 0.1) is 11.2 Å². The maximum absolute atomic E-state index is 6.34. The quantitative estimate of drug-likeness (QED) is 0.779. The van der Waals surface area contributed by atoms with Crippen LogP contribution < -0.4 is 5.73 Å². The Morgan fingerprint density at radius 3 is 2.27 bits per heavy atom. The molecule has 2 aliphatic rings. The van der Waals surface area contributed by atoms with Crippen LogP contribution in [0.1, 0.15) is 53.4 Å². The first-order valence-corrected chi connectivity index (χ1v) is 6.26. The SMILES string of the molecule is CC1(C)CC(C(N)CC2CC2)C(C)(C)O1. The Morgan fingerprint density at radius 2 is 1.87 bits per heavy atom. The lowest BCUT2D eigenvalue weighted by atomic mass is 9.80. The molecule has 1 saturated heterocycles. The topological polar surface area (TPSA) is 35.2 Å². The molecule has 0 bridgehead atoms. The van der Waals surface area contributed by atoms with Gasteiger partial charge in [0.25, 0.3) is 0 Å². The fourth-order valence-electron chi connectivity index (χ4n) is 3.17. The summed E-state index contributed by atoms with van der Waals surface area (Å²) in [7, 11) is 0. The number of nitrogens with two attached hydrogens (primary N) is 1. The second-order valence-corrected chi connectivity index (χ2v) is 6.62. The van der Waals surface area contributed by atoms with Crippen molar-refractivity contribution in [1.29, 1.82) is 0 Å². The van der Waals surface area contributed by atoms with Crippen LogP contribution in [0.25, 0.3) is 0 Å². The number of rotatable bonds is 3. The van der Waals surface area contributed by atoms with Crippen molar-refractivity contribution in [3.8, 4) is 0 Å². The Labute approximate surface area is 93.6 Å². The van der Waals surface area contributed by atoms with E-state index in [4.69, 9.17) is 10.5 Å². The second-order valence-electron chi connectivity index (χ2n) is 6.62. The van der Waals surface area contributed by atoms with Gasteiger partial charge in [0.2, 0.25) is 0 Å². The van der Waals surface area contributed by atoms with Crippen molar-refractivity contribution in [2.45, 2.75) is 70.6 Å². The van der Waals surface area contributed by atoms with Crippen molar-refractivity contribution in [1.82, 2.24) is 0 Å². The third-order valence-electron chi connectivity index (χ3n) is 3.96. The van der Waals surface area contributed by atoms with Gasteiger partial charge >= 0.3 is 0 Å². The van der Waals surface area contributed by atoms with E-state index >= 15 is 0 Å². The van der Waals surface area contributed by atoms with E-state index in [-0.39, 0.29) is 11.2 Å². The van der Waals surface area contributed by atoms with Gasteiger partial charge in [-0.2, -0.15) is 0 Å². The fourth-order valence-corrected chi connectivity index (χ4v) is 3.17. The first-order chi connectivity index (χ1) is 6.80. The minimum atomic E-state index is -0.0438. The van der Waals surface area contributed by atoms with Crippen LogP contribution in [0.4, 0.5) is 0 Å². The molecule has 2 rings (SSSR count). The van der Waals surface area contributed by atoms with Gasteiger partial charge in [-0.15, -0.1) is 0 Å². The van der Waals surface area contributed by atoms with Crippen molar-refractivity contribution in [2.24, 2.45) is 17.6 Å². The summed E-state index contributed by atoms with van der Waals surface area (Å²) in [6.07, 6.45) is 5.09. The predicted octanol–water partition coefficient (Wildman–Crippen LogP) is 2.71. The van der Waals surface area contributed by atoms with Crippen LogP contribution in [0.2, 0.25) is 0 Å². The summed E-state index contributed by atoms with van der Waals surface area (Å²) < 4.78 is 6.09. The Bertz CT molecular complexity index is 243. The maximum atomic E-state index is 6.34. The summed E-state index contributed by atoms with van der Waals surface area (Å²) in [4.78, 5) is 0. The van der Waals surface area contributed by atoms with E-state index in [2.05, 4.69) is 27.7 Å². The molecule has 1 saturated carbocycles. The summed E-state index contributed by atoms with van der Waals surface area (Å²) in [6, 6.07) is 0.328. The molecule has 1 aliphatic carbocycles. The van der Waals surface area contributed by atoms with Crippen LogP contribution in [-0.4, -0.2) is 17.2 Å². The third kappa shape index (κ3) is 2.54. The highest BCUT2D eigenvalue weighted by molar-refractivity contribution is 4.99. The van der Waals surface area contributed by atoms with Crippen molar-refractivity contribution in [2.75, 3.05) is 0 Å². The minimum Gasteiger partial charge on any atom is -0.369 e. The van der Waals surface area contributed by atoms with Gasteiger partial charge in [0, 0.05) is 12.0 Å². The summed E-state index contributed by atoms with van der Waals surface area (Å²) in [5, 5.41) is 0. The van der Waals surface area contributed by atoms with E-state index in [9.17, 15) is 0 Å². The van der Waals surface area contributed by atoms with E-state index in [1.807, 2.05) is 0 Å². The largest absolute Gasteiger partial charge is 0.369 e. The van der Waals surface area contributed by atoms with Crippen molar-refractivity contribution in [3.63, 3.8) is 0 Å². The molecule has 2 atom stereocenters. The summed E-state index contributed by atoms with van der Waals surface area (Å²) in [6.45, 7) is 8.75.